The van der Waals surface area contributed by atoms with Crippen LogP contribution in [-0.2, 0) is 4.74 Å². The normalized spacial score (nSPS) is 14.8. The molecule has 0 N–H and O–H groups in total. The molecule has 1 fully saturated rings. The molecule has 5 nitrogen and oxygen atoms in total. The number of benzene rings is 1. The second-order valence-electron chi connectivity index (χ2n) is 7.14. The van der Waals surface area contributed by atoms with Crippen molar-refractivity contribution in [2.45, 2.75) is 32.8 Å². The number of carbonyl (C=O) groups is 2. The lowest BCUT2D eigenvalue weighted by atomic mass is 10.1. The van der Waals surface area contributed by atoms with Crippen molar-refractivity contribution >= 4 is 40.1 Å². The average Bonchev–Trinajstić information content (AvgIpc) is 3.38. The zero-order valence-corrected chi connectivity index (χ0v) is 18.0. The first-order valence-corrected chi connectivity index (χ1v) is 11.3. The van der Waals surface area contributed by atoms with Gasteiger partial charge in [0, 0.05) is 48.1 Å². The van der Waals surface area contributed by atoms with Crippen molar-refractivity contribution in [1.82, 2.24) is 4.98 Å². The van der Waals surface area contributed by atoms with Gasteiger partial charge in [0.1, 0.15) is 16.0 Å². The predicted molar refractivity (Wildman–Crippen MR) is 117 cm³/mol. The molecule has 0 atom stereocenters. The van der Waals surface area contributed by atoms with Crippen LogP contribution >= 0.6 is 22.7 Å². The molecule has 4 rings (SSSR count). The Balaban J connectivity index is 1.35. The summed E-state index contributed by atoms with van der Waals surface area (Å²) in [5.74, 6) is -0.201. The Morgan fingerprint density at radius 3 is 2.48 bits per heavy atom. The number of thiophene rings is 1. The van der Waals surface area contributed by atoms with E-state index < -0.39 is 0 Å². The Hall–Kier alpha value is -2.51. The van der Waals surface area contributed by atoms with Crippen molar-refractivity contribution in [1.29, 1.82) is 0 Å². The molecule has 29 heavy (non-hydrogen) atoms. The van der Waals surface area contributed by atoms with Crippen LogP contribution in [0.3, 0.4) is 0 Å². The highest BCUT2D eigenvalue weighted by molar-refractivity contribution is 7.17. The number of ether oxygens (including phenoxy) is 1. The lowest BCUT2D eigenvalue weighted by molar-refractivity contribution is 0.0249. The molecule has 0 radical (unpaired) electrons. The molecular formula is C22H22N2O3S2. The molecule has 1 aromatic carbocycles. The summed E-state index contributed by atoms with van der Waals surface area (Å²) in [5.41, 5.74) is 3.59. The summed E-state index contributed by atoms with van der Waals surface area (Å²) in [6, 6.07) is 9.70. The highest BCUT2D eigenvalue weighted by Crippen LogP contribution is 2.30. The van der Waals surface area contributed by atoms with Gasteiger partial charge in [-0.15, -0.1) is 11.3 Å². The minimum absolute atomic E-state index is 0.0719. The van der Waals surface area contributed by atoms with Gasteiger partial charge in [0.2, 0.25) is 0 Å². The molecule has 0 bridgehead atoms. The van der Waals surface area contributed by atoms with Crippen molar-refractivity contribution in [2.75, 3.05) is 18.0 Å². The standard InChI is InChI=1S/C22H22N2O3S2/c1-14-20(29-21(23-14)17-9-12-28-13-17)22(26)27-19-7-10-24(11-8-19)18-5-3-16(4-6-18)15(2)25/h3-6,9,12-13,19H,7-8,10-11H2,1-2H3. The van der Waals surface area contributed by atoms with Crippen LogP contribution in [0.2, 0.25) is 0 Å². The summed E-state index contributed by atoms with van der Waals surface area (Å²) in [6.07, 6.45) is 1.49. The lowest BCUT2D eigenvalue weighted by Crippen LogP contribution is -2.37. The molecule has 0 amide bonds. The summed E-state index contributed by atoms with van der Waals surface area (Å²) in [4.78, 5) is 31.5. The third-order valence-electron chi connectivity index (χ3n) is 5.10. The number of rotatable bonds is 5. The first kappa shape index (κ1) is 19.8. The molecule has 1 aliphatic heterocycles. The molecule has 0 spiro atoms. The summed E-state index contributed by atoms with van der Waals surface area (Å²) in [5, 5.41) is 4.90. The minimum Gasteiger partial charge on any atom is -0.458 e. The van der Waals surface area contributed by atoms with Crippen LogP contribution in [0.25, 0.3) is 10.6 Å². The van der Waals surface area contributed by atoms with Gasteiger partial charge in [-0.25, -0.2) is 9.78 Å². The number of hydrogen-bond acceptors (Lipinski definition) is 7. The highest BCUT2D eigenvalue weighted by Gasteiger charge is 2.25. The van der Waals surface area contributed by atoms with E-state index in [1.807, 2.05) is 48.0 Å². The Kier molecular flexibility index (Phi) is 5.78. The molecule has 2 aromatic heterocycles. The first-order chi connectivity index (χ1) is 14.0. The maximum atomic E-state index is 12.7. The zero-order valence-electron chi connectivity index (χ0n) is 16.4. The van der Waals surface area contributed by atoms with E-state index in [4.69, 9.17) is 4.74 Å². The van der Waals surface area contributed by atoms with Crippen LogP contribution in [0.15, 0.2) is 41.1 Å². The number of piperidine rings is 1. The van der Waals surface area contributed by atoms with E-state index in [0.717, 1.165) is 53.4 Å². The van der Waals surface area contributed by atoms with Crippen molar-refractivity contribution in [2.24, 2.45) is 0 Å². The van der Waals surface area contributed by atoms with E-state index in [1.54, 1.807) is 18.3 Å². The highest BCUT2D eigenvalue weighted by atomic mass is 32.1. The van der Waals surface area contributed by atoms with E-state index in [9.17, 15) is 9.59 Å². The Morgan fingerprint density at radius 2 is 1.86 bits per heavy atom. The number of nitrogens with zero attached hydrogens (tertiary/aromatic N) is 2. The van der Waals surface area contributed by atoms with Crippen LogP contribution in [0, 0.1) is 6.92 Å². The molecule has 0 unspecified atom stereocenters. The fraction of sp³-hybridized carbons (Fsp3) is 0.318. The molecule has 0 aliphatic carbocycles. The van der Waals surface area contributed by atoms with Gasteiger partial charge >= 0.3 is 5.97 Å². The number of aromatic nitrogens is 1. The maximum absolute atomic E-state index is 12.7. The topological polar surface area (TPSA) is 59.5 Å². The van der Waals surface area contributed by atoms with E-state index in [-0.39, 0.29) is 17.9 Å². The Morgan fingerprint density at radius 1 is 1.14 bits per heavy atom. The van der Waals surface area contributed by atoms with E-state index in [2.05, 4.69) is 9.88 Å². The van der Waals surface area contributed by atoms with E-state index in [0.29, 0.717) is 4.88 Å². The van der Waals surface area contributed by atoms with E-state index >= 15 is 0 Å². The summed E-state index contributed by atoms with van der Waals surface area (Å²) < 4.78 is 5.79. The number of aryl methyl sites for hydroxylation is 1. The van der Waals surface area contributed by atoms with E-state index in [1.165, 1.54) is 11.3 Å². The second-order valence-corrected chi connectivity index (χ2v) is 8.92. The van der Waals surface area contributed by atoms with Gasteiger partial charge in [-0.1, -0.05) is 0 Å². The molecule has 3 aromatic rings. The van der Waals surface area contributed by atoms with Crippen LogP contribution in [0.1, 0.15) is 45.5 Å². The zero-order chi connectivity index (χ0) is 20.4. The van der Waals surface area contributed by atoms with Crippen LogP contribution in [0.5, 0.6) is 0 Å². The van der Waals surface area contributed by atoms with Gasteiger partial charge in [-0.05, 0) is 49.6 Å². The monoisotopic (exact) mass is 426 g/mol. The van der Waals surface area contributed by atoms with Crippen LogP contribution in [-0.4, -0.2) is 35.9 Å². The number of thiazole rings is 1. The smallest absolute Gasteiger partial charge is 0.350 e. The SMILES string of the molecule is CC(=O)c1ccc(N2CCC(OC(=O)c3sc(-c4ccsc4)nc3C)CC2)cc1. The van der Waals surface area contributed by atoms with Gasteiger partial charge in [-0.2, -0.15) is 11.3 Å². The van der Waals surface area contributed by atoms with Gasteiger partial charge in [0.05, 0.1) is 5.69 Å². The first-order valence-electron chi connectivity index (χ1n) is 9.58. The van der Waals surface area contributed by atoms with Gasteiger partial charge in [-0.3, -0.25) is 4.79 Å². The molecule has 3 heterocycles. The van der Waals surface area contributed by atoms with Crippen LogP contribution < -0.4 is 4.90 Å². The van der Waals surface area contributed by atoms with Crippen molar-refractivity contribution < 1.29 is 14.3 Å². The number of ketones is 1. The third-order valence-corrected chi connectivity index (χ3v) is 6.97. The summed E-state index contributed by atoms with van der Waals surface area (Å²) >= 11 is 3.01. The fourth-order valence-electron chi connectivity index (χ4n) is 3.44. The van der Waals surface area contributed by atoms with Crippen molar-refractivity contribution in [3.63, 3.8) is 0 Å². The largest absolute Gasteiger partial charge is 0.458 e. The van der Waals surface area contributed by atoms with Crippen molar-refractivity contribution in [3.05, 3.63) is 57.2 Å². The summed E-state index contributed by atoms with van der Waals surface area (Å²) in [7, 11) is 0. The number of carbonyl (C=O) groups excluding carboxylic acids is 2. The Bertz CT molecular complexity index is 1000. The molecule has 0 saturated carbocycles. The van der Waals surface area contributed by atoms with Gasteiger partial charge < -0.3 is 9.64 Å². The van der Waals surface area contributed by atoms with Crippen molar-refractivity contribution in [3.8, 4) is 10.6 Å². The van der Waals surface area contributed by atoms with Gasteiger partial charge in [0.15, 0.2) is 5.78 Å². The fourth-order valence-corrected chi connectivity index (χ4v) is 5.10. The lowest BCUT2D eigenvalue weighted by Gasteiger charge is -2.33. The van der Waals surface area contributed by atoms with Gasteiger partial charge in [0.25, 0.3) is 0 Å². The third kappa shape index (κ3) is 4.41. The number of anilines is 1. The molecule has 1 aliphatic rings. The molecular weight excluding hydrogens is 404 g/mol. The summed E-state index contributed by atoms with van der Waals surface area (Å²) in [6.45, 7) is 5.07. The predicted octanol–water partition coefficient (Wildman–Crippen LogP) is 5.21. The molecule has 1 saturated heterocycles. The van der Waals surface area contributed by atoms with Crippen LogP contribution in [0.4, 0.5) is 5.69 Å². The Labute approximate surface area is 178 Å². The molecule has 7 heteroatoms. The molecule has 150 valence electrons. The minimum atomic E-state index is -0.272. The number of hydrogen-bond donors (Lipinski definition) is 0. The quantitative estimate of drug-likeness (QED) is 0.414. The maximum Gasteiger partial charge on any atom is 0.350 e. The second kappa shape index (κ2) is 8.47. The number of Topliss-reactive ketones (excluding diaryl/α,β-unsaturated/α-hetero) is 1. The average molecular weight is 427 g/mol. The number of esters is 1.